The van der Waals surface area contributed by atoms with Crippen molar-refractivity contribution < 1.29 is 4.21 Å². The van der Waals surface area contributed by atoms with E-state index in [1.807, 2.05) is 43.3 Å². The molecule has 0 N–H and O–H groups in total. The lowest BCUT2D eigenvalue weighted by molar-refractivity contribution is 0.684. The summed E-state index contributed by atoms with van der Waals surface area (Å²) in [5.41, 5.74) is 1.11. The van der Waals surface area contributed by atoms with E-state index in [2.05, 4.69) is 15.9 Å². The molecule has 0 aromatic heterocycles. The quantitative estimate of drug-likeness (QED) is 0.769. The second-order valence-corrected chi connectivity index (χ2v) is 5.37. The van der Waals surface area contributed by atoms with E-state index in [0.29, 0.717) is 11.5 Å². The van der Waals surface area contributed by atoms with E-state index in [4.69, 9.17) is 0 Å². The van der Waals surface area contributed by atoms with Crippen molar-refractivity contribution in [2.75, 3.05) is 5.75 Å². The SMILES string of the molecule is CC=CCS(=O)Cc1cccc(Br)c1. The summed E-state index contributed by atoms with van der Waals surface area (Å²) in [6.45, 7) is 1.94. The van der Waals surface area contributed by atoms with Crippen LogP contribution in [0.2, 0.25) is 0 Å². The average molecular weight is 273 g/mol. The first kappa shape index (κ1) is 11.7. The Kier molecular flexibility index (Phi) is 5.12. The first-order valence-corrected chi connectivity index (χ1v) is 6.71. The van der Waals surface area contributed by atoms with Gasteiger partial charge in [-0.1, -0.05) is 40.2 Å². The molecule has 0 aliphatic carbocycles. The van der Waals surface area contributed by atoms with Crippen LogP contribution in [0, 0.1) is 0 Å². The van der Waals surface area contributed by atoms with Crippen LogP contribution in [0.15, 0.2) is 40.9 Å². The molecule has 14 heavy (non-hydrogen) atoms. The van der Waals surface area contributed by atoms with Gasteiger partial charge in [0.1, 0.15) is 0 Å². The van der Waals surface area contributed by atoms with Gasteiger partial charge in [0.25, 0.3) is 0 Å². The molecule has 3 heteroatoms. The number of benzene rings is 1. The first-order chi connectivity index (χ1) is 6.72. The second kappa shape index (κ2) is 6.14. The maximum Gasteiger partial charge on any atom is 0.0489 e. The number of rotatable bonds is 4. The smallest absolute Gasteiger partial charge is 0.0489 e. The summed E-state index contributed by atoms with van der Waals surface area (Å²) in [5.74, 6) is 1.27. The van der Waals surface area contributed by atoms with Crippen molar-refractivity contribution in [1.29, 1.82) is 0 Å². The monoisotopic (exact) mass is 272 g/mol. The van der Waals surface area contributed by atoms with Crippen LogP contribution >= 0.6 is 15.9 Å². The van der Waals surface area contributed by atoms with Gasteiger partial charge in [0.2, 0.25) is 0 Å². The number of halogens is 1. The molecule has 0 bridgehead atoms. The van der Waals surface area contributed by atoms with Crippen LogP contribution in [-0.2, 0) is 16.6 Å². The maximum absolute atomic E-state index is 11.5. The van der Waals surface area contributed by atoms with Crippen molar-refractivity contribution in [1.82, 2.24) is 0 Å². The molecule has 76 valence electrons. The van der Waals surface area contributed by atoms with E-state index < -0.39 is 10.8 Å². The highest BCUT2D eigenvalue weighted by Gasteiger charge is 1.99. The minimum absolute atomic E-state index is 0.629. The van der Waals surface area contributed by atoms with Crippen LogP contribution in [-0.4, -0.2) is 9.96 Å². The van der Waals surface area contributed by atoms with E-state index in [0.717, 1.165) is 10.0 Å². The molecule has 0 amide bonds. The average Bonchev–Trinajstić information content (AvgIpc) is 2.15. The zero-order valence-electron chi connectivity index (χ0n) is 8.07. The van der Waals surface area contributed by atoms with Crippen molar-refractivity contribution in [2.24, 2.45) is 0 Å². The van der Waals surface area contributed by atoms with Crippen LogP contribution in [0.1, 0.15) is 12.5 Å². The topological polar surface area (TPSA) is 17.1 Å². The Hall–Kier alpha value is -0.410. The van der Waals surface area contributed by atoms with Crippen molar-refractivity contribution in [3.05, 3.63) is 46.5 Å². The van der Waals surface area contributed by atoms with Gasteiger partial charge in [0.05, 0.1) is 0 Å². The fourth-order valence-electron chi connectivity index (χ4n) is 1.08. The summed E-state index contributed by atoms with van der Waals surface area (Å²) in [4.78, 5) is 0. The lowest BCUT2D eigenvalue weighted by atomic mass is 10.2. The number of allylic oxidation sites excluding steroid dienone is 1. The normalized spacial score (nSPS) is 13.3. The second-order valence-electron chi connectivity index (χ2n) is 2.95. The van der Waals surface area contributed by atoms with Gasteiger partial charge in [-0.15, -0.1) is 0 Å². The molecule has 0 spiro atoms. The van der Waals surface area contributed by atoms with Gasteiger partial charge in [-0.3, -0.25) is 4.21 Å². The van der Waals surface area contributed by atoms with E-state index in [1.165, 1.54) is 0 Å². The molecule has 1 nitrogen and oxygen atoms in total. The van der Waals surface area contributed by atoms with Crippen molar-refractivity contribution in [3.63, 3.8) is 0 Å². The molecule has 0 heterocycles. The molecule has 0 fully saturated rings. The Balaban J connectivity index is 2.56. The van der Waals surface area contributed by atoms with Gasteiger partial charge in [-0.2, -0.15) is 0 Å². The minimum Gasteiger partial charge on any atom is -0.259 e. The lowest BCUT2D eigenvalue weighted by Crippen LogP contribution is -1.98. The van der Waals surface area contributed by atoms with Crippen molar-refractivity contribution in [3.8, 4) is 0 Å². The third-order valence-electron chi connectivity index (χ3n) is 1.73. The largest absolute Gasteiger partial charge is 0.259 e. The van der Waals surface area contributed by atoms with Gasteiger partial charge in [0, 0.05) is 26.8 Å². The van der Waals surface area contributed by atoms with Gasteiger partial charge in [0.15, 0.2) is 0 Å². The molecule has 0 aliphatic heterocycles. The maximum atomic E-state index is 11.5. The van der Waals surface area contributed by atoms with Gasteiger partial charge in [-0.05, 0) is 24.6 Å². The zero-order chi connectivity index (χ0) is 10.4. The third-order valence-corrected chi connectivity index (χ3v) is 3.45. The molecular formula is C11H13BrOS. The first-order valence-electron chi connectivity index (χ1n) is 4.43. The Morgan fingerprint density at radius 3 is 2.93 bits per heavy atom. The number of hydrogen-bond donors (Lipinski definition) is 0. The molecule has 1 unspecified atom stereocenters. The summed E-state index contributed by atoms with van der Waals surface area (Å²) in [6.07, 6.45) is 3.87. The Morgan fingerprint density at radius 2 is 2.29 bits per heavy atom. The highest BCUT2D eigenvalue weighted by atomic mass is 79.9. The van der Waals surface area contributed by atoms with Crippen molar-refractivity contribution in [2.45, 2.75) is 12.7 Å². The summed E-state index contributed by atoms with van der Waals surface area (Å²) >= 11 is 3.39. The van der Waals surface area contributed by atoms with Gasteiger partial charge >= 0.3 is 0 Å². The predicted octanol–water partition coefficient (Wildman–Crippen LogP) is 3.27. The summed E-state index contributed by atoms with van der Waals surface area (Å²) in [5, 5.41) is 0. The molecule has 0 saturated heterocycles. The molecule has 1 aromatic rings. The highest BCUT2D eigenvalue weighted by Crippen LogP contribution is 2.13. The molecular weight excluding hydrogens is 260 g/mol. The Bertz CT molecular complexity index is 347. The zero-order valence-corrected chi connectivity index (χ0v) is 10.5. The van der Waals surface area contributed by atoms with Crippen LogP contribution < -0.4 is 0 Å². The van der Waals surface area contributed by atoms with Gasteiger partial charge in [-0.25, -0.2) is 0 Å². The van der Waals surface area contributed by atoms with E-state index >= 15 is 0 Å². The minimum atomic E-state index is -0.787. The third kappa shape index (κ3) is 4.20. The van der Waals surface area contributed by atoms with E-state index in [-0.39, 0.29) is 0 Å². The van der Waals surface area contributed by atoms with E-state index in [1.54, 1.807) is 0 Å². The van der Waals surface area contributed by atoms with E-state index in [9.17, 15) is 4.21 Å². The standard InChI is InChI=1S/C11H13BrOS/c1-2-3-7-14(13)9-10-5-4-6-11(12)8-10/h2-6,8H,7,9H2,1H3. The highest BCUT2D eigenvalue weighted by molar-refractivity contribution is 9.10. The number of hydrogen-bond acceptors (Lipinski definition) is 1. The van der Waals surface area contributed by atoms with Crippen LogP contribution in [0.3, 0.4) is 0 Å². The van der Waals surface area contributed by atoms with Crippen LogP contribution in [0.5, 0.6) is 0 Å². The van der Waals surface area contributed by atoms with Crippen molar-refractivity contribution >= 4 is 26.7 Å². The summed E-state index contributed by atoms with van der Waals surface area (Å²) in [7, 11) is -0.787. The summed E-state index contributed by atoms with van der Waals surface area (Å²) < 4.78 is 12.6. The molecule has 0 aliphatic rings. The van der Waals surface area contributed by atoms with Crippen LogP contribution in [0.25, 0.3) is 0 Å². The lowest BCUT2D eigenvalue weighted by Gasteiger charge is -2.00. The Labute approximate surface area is 95.8 Å². The fraction of sp³-hybridized carbons (Fsp3) is 0.273. The van der Waals surface area contributed by atoms with Crippen LogP contribution in [0.4, 0.5) is 0 Å². The fourth-order valence-corrected chi connectivity index (χ4v) is 2.60. The molecule has 0 radical (unpaired) electrons. The van der Waals surface area contributed by atoms with Gasteiger partial charge < -0.3 is 0 Å². The molecule has 0 saturated carbocycles. The molecule has 1 aromatic carbocycles. The summed E-state index contributed by atoms with van der Waals surface area (Å²) in [6, 6.07) is 7.94. The molecule has 1 rings (SSSR count). The Morgan fingerprint density at radius 1 is 1.50 bits per heavy atom. The molecule has 1 atom stereocenters. The predicted molar refractivity (Wildman–Crippen MR) is 65.7 cm³/mol.